The van der Waals surface area contributed by atoms with Crippen LogP contribution in [0.2, 0.25) is 0 Å². The Labute approximate surface area is 161 Å². The van der Waals surface area contributed by atoms with Gasteiger partial charge in [0.1, 0.15) is 4.83 Å². The van der Waals surface area contributed by atoms with Crippen LogP contribution in [0.25, 0.3) is 10.2 Å². The minimum atomic E-state index is 0.602. The number of thiophene rings is 1. The Balaban J connectivity index is 0.000000286. The number of pyridine rings is 1. The highest BCUT2D eigenvalue weighted by Gasteiger charge is 2.18. The Morgan fingerprint density at radius 1 is 1.38 bits per heavy atom. The van der Waals surface area contributed by atoms with Crippen molar-refractivity contribution in [3.8, 4) is 0 Å². The van der Waals surface area contributed by atoms with Crippen LogP contribution < -0.4 is 11.1 Å². The smallest absolute Gasteiger partial charge is 0.160 e. The molecule has 0 aliphatic heterocycles. The number of aromatic nitrogens is 1. The molecule has 0 saturated heterocycles. The van der Waals surface area contributed by atoms with E-state index in [4.69, 9.17) is 5.73 Å². The summed E-state index contributed by atoms with van der Waals surface area (Å²) in [7, 11) is 0. The Bertz CT molecular complexity index is 665. The lowest BCUT2D eigenvalue weighted by atomic mass is 9.93. The molecular formula is C20H32N4OS. The topological polar surface area (TPSA) is 80.4 Å². The zero-order valence-electron chi connectivity index (χ0n) is 16.2. The highest BCUT2D eigenvalue weighted by molar-refractivity contribution is 7.20. The molecule has 0 radical (unpaired) electrons. The predicted octanol–water partition coefficient (Wildman–Crippen LogP) is 5.26. The summed E-state index contributed by atoms with van der Waals surface area (Å²) in [6.07, 6.45) is 11.4. The summed E-state index contributed by atoms with van der Waals surface area (Å²) in [6.45, 7) is 7.26. The van der Waals surface area contributed by atoms with E-state index in [1.165, 1.54) is 49.8 Å². The third-order valence-corrected chi connectivity index (χ3v) is 4.75. The molecule has 0 amide bonds. The monoisotopic (exact) mass is 376 g/mol. The van der Waals surface area contributed by atoms with Gasteiger partial charge in [-0.3, -0.25) is 9.79 Å². The summed E-state index contributed by atoms with van der Waals surface area (Å²) >= 11 is 1.44. The number of nitrogens with one attached hydrogen (secondary N) is 1. The number of nitrogens with two attached hydrogens (primary N) is 1. The first-order chi connectivity index (χ1) is 12.7. The summed E-state index contributed by atoms with van der Waals surface area (Å²) in [5.41, 5.74) is 6.09. The van der Waals surface area contributed by atoms with Gasteiger partial charge in [-0.1, -0.05) is 33.6 Å². The van der Waals surface area contributed by atoms with Gasteiger partial charge in [-0.15, -0.1) is 11.3 Å². The summed E-state index contributed by atoms with van der Waals surface area (Å²) in [5, 5.41) is 4.58. The molecule has 1 fully saturated rings. The number of unbranched alkanes of at least 4 members (excludes halogenated alkanes) is 1. The van der Waals surface area contributed by atoms with Gasteiger partial charge in [0.05, 0.1) is 11.2 Å². The van der Waals surface area contributed by atoms with Gasteiger partial charge >= 0.3 is 0 Å². The molecule has 5 nitrogen and oxygen atoms in total. The number of hydrogen-bond acceptors (Lipinski definition) is 5. The molecule has 3 rings (SSSR count). The van der Waals surface area contributed by atoms with Gasteiger partial charge in [-0.2, -0.15) is 0 Å². The first kappa shape index (κ1) is 22.1. The number of rotatable bonds is 6. The fourth-order valence-electron chi connectivity index (χ4n) is 2.24. The molecule has 0 spiro atoms. The molecule has 2 aromatic heterocycles. The van der Waals surface area contributed by atoms with Crippen molar-refractivity contribution in [1.29, 1.82) is 0 Å². The van der Waals surface area contributed by atoms with Crippen molar-refractivity contribution < 1.29 is 4.79 Å². The van der Waals surface area contributed by atoms with Crippen molar-refractivity contribution in [3.05, 3.63) is 23.2 Å². The summed E-state index contributed by atoms with van der Waals surface area (Å²) in [4.78, 5) is 20.5. The summed E-state index contributed by atoms with van der Waals surface area (Å²) in [6, 6.07) is 4.51. The average molecular weight is 377 g/mol. The molecule has 2 heterocycles. The first-order valence-electron chi connectivity index (χ1n) is 9.50. The molecule has 3 N–H and O–H groups in total. The van der Waals surface area contributed by atoms with Crippen LogP contribution in [0.3, 0.4) is 0 Å². The molecule has 0 unspecified atom stereocenters. The average Bonchev–Trinajstić information content (AvgIpc) is 3.04. The van der Waals surface area contributed by atoms with Crippen molar-refractivity contribution in [2.24, 2.45) is 10.7 Å². The molecule has 26 heavy (non-hydrogen) atoms. The number of carbonyl (C=O) groups is 1. The lowest BCUT2D eigenvalue weighted by Crippen LogP contribution is -2.26. The summed E-state index contributed by atoms with van der Waals surface area (Å²) < 4.78 is 0. The highest BCUT2D eigenvalue weighted by Crippen LogP contribution is 2.31. The van der Waals surface area contributed by atoms with Gasteiger partial charge in [0.2, 0.25) is 0 Å². The number of fused-ring (bicyclic) bond motifs is 1. The van der Waals surface area contributed by atoms with Gasteiger partial charge in [0, 0.05) is 29.9 Å². The zero-order valence-corrected chi connectivity index (χ0v) is 17.0. The molecule has 1 aliphatic rings. The van der Waals surface area contributed by atoms with Crippen molar-refractivity contribution in [3.63, 3.8) is 0 Å². The van der Waals surface area contributed by atoms with Gasteiger partial charge < -0.3 is 11.1 Å². The molecule has 2 aromatic rings. The fraction of sp³-hybridized carbons (Fsp3) is 0.550. The Morgan fingerprint density at radius 2 is 2.12 bits per heavy atom. The van der Waals surface area contributed by atoms with E-state index in [-0.39, 0.29) is 0 Å². The van der Waals surface area contributed by atoms with E-state index in [1.807, 2.05) is 12.1 Å². The van der Waals surface area contributed by atoms with Crippen molar-refractivity contribution >= 4 is 39.9 Å². The van der Waals surface area contributed by atoms with Gasteiger partial charge in [0.25, 0.3) is 0 Å². The third-order valence-electron chi connectivity index (χ3n) is 3.78. The second-order valence-corrected chi connectivity index (χ2v) is 7.29. The van der Waals surface area contributed by atoms with Crippen LogP contribution in [0.1, 0.15) is 69.0 Å². The fourth-order valence-corrected chi connectivity index (χ4v) is 3.08. The van der Waals surface area contributed by atoms with Gasteiger partial charge in [0.15, 0.2) is 6.29 Å². The normalized spacial score (nSPS) is 13.3. The maximum atomic E-state index is 10.7. The van der Waals surface area contributed by atoms with E-state index in [9.17, 15) is 4.79 Å². The number of anilines is 1. The van der Waals surface area contributed by atoms with Crippen molar-refractivity contribution in [2.75, 3.05) is 11.9 Å². The number of hydrogen-bond donors (Lipinski definition) is 2. The van der Waals surface area contributed by atoms with E-state index in [0.29, 0.717) is 6.04 Å². The minimum Gasteiger partial charge on any atom is -0.390 e. The van der Waals surface area contributed by atoms with Crippen LogP contribution in [-0.4, -0.2) is 30.2 Å². The Hall–Kier alpha value is -1.95. The third kappa shape index (κ3) is 7.52. The number of aldehydes is 1. The van der Waals surface area contributed by atoms with Crippen LogP contribution in [0.15, 0.2) is 23.3 Å². The van der Waals surface area contributed by atoms with E-state index >= 15 is 0 Å². The highest BCUT2D eigenvalue weighted by atomic mass is 32.1. The number of carbonyl (C=O) groups excluding carboxylic acids is 1. The standard InChI is InChI=1S/C12H12N2OS.C5H12N2.C3H8/c15-7-9-6-10-11(14-8-2-1-3-8)4-5-13-12(10)16-9;1-2-3-4-7-5-6;1-3-2/h4-8H,1-3H2,(H,13,14);5H,2-4H2,1H3,(H2,6,7);3H2,1-2H3. The largest absolute Gasteiger partial charge is 0.390 e. The van der Waals surface area contributed by atoms with E-state index in [2.05, 4.69) is 36.1 Å². The molecule has 0 atom stereocenters. The first-order valence-corrected chi connectivity index (χ1v) is 10.3. The van der Waals surface area contributed by atoms with Gasteiger partial charge in [-0.05, 0) is 37.8 Å². The Morgan fingerprint density at radius 3 is 2.65 bits per heavy atom. The number of nitrogens with zero attached hydrogens (tertiary/aromatic N) is 2. The second-order valence-electron chi connectivity index (χ2n) is 6.23. The number of aliphatic imine (C=N–C) groups is 1. The molecule has 6 heteroatoms. The van der Waals surface area contributed by atoms with Gasteiger partial charge in [-0.25, -0.2) is 4.98 Å². The molecule has 144 valence electrons. The van der Waals surface area contributed by atoms with Crippen LogP contribution in [-0.2, 0) is 0 Å². The molecule has 1 saturated carbocycles. The molecule has 1 aliphatic carbocycles. The quantitative estimate of drug-likeness (QED) is 0.312. The van der Waals surface area contributed by atoms with E-state index in [1.54, 1.807) is 6.20 Å². The lowest BCUT2D eigenvalue weighted by molar-refractivity contribution is 0.112. The molecular weight excluding hydrogens is 344 g/mol. The minimum absolute atomic E-state index is 0.602. The second kappa shape index (κ2) is 13.3. The van der Waals surface area contributed by atoms with E-state index in [0.717, 1.165) is 40.0 Å². The maximum absolute atomic E-state index is 10.7. The van der Waals surface area contributed by atoms with Crippen LogP contribution in [0, 0.1) is 0 Å². The van der Waals surface area contributed by atoms with Crippen LogP contribution >= 0.6 is 11.3 Å². The maximum Gasteiger partial charge on any atom is 0.160 e. The van der Waals surface area contributed by atoms with Crippen LogP contribution in [0.5, 0.6) is 0 Å². The van der Waals surface area contributed by atoms with Crippen molar-refractivity contribution in [1.82, 2.24) is 4.98 Å². The zero-order chi connectivity index (χ0) is 19.2. The predicted molar refractivity (Wildman–Crippen MR) is 115 cm³/mol. The van der Waals surface area contributed by atoms with Crippen molar-refractivity contribution in [2.45, 2.75) is 65.3 Å². The van der Waals surface area contributed by atoms with E-state index < -0.39 is 0 Å². The van der Waals surface area contributed by atoms with Crippen LogP contribution in [0.4, 0.5) is 5.69 Å². The molecule has 0 aromatic carbocycles. The lowest BCUT2D eigenvalue weighted by Gasteiger charge is -2.27. The summed E-state index contributed by atoms with van der Waals surface area (Å²) in [5.74, 6) is 0. The Kier molecular flexibility index (Phi) is 11.3. The SMILES string of the molecule is CCC.CCCCN=CN.O=Cc1cc2c(NC3CCC3)ccnc2s1. The molecule has 0 bridgehead atoms.